The van der Waals surface area contributed by atoms with Crippen LogP contribution in [0.25, 0.3) is 0 Å². The third kappa shape index (κ3) is 3.06. The summed E-state index contributed by atoms with van der Waals surface area (Å²) >= 11 is 0. The zero-order chi connectivity index (χ0) is 16.4. The Morgan fingerprint density at radius 1 is 1.33 bits per heavy atom. The first-order valence-electron chi connectivity index (χ1n) is 8.81. The molecule has 2 aromatic rings. The Labute approximate surface area is 141 Å². The molecule has 1 aromatic carbocycles. The Bertz CT molecular complexity index is 733. The fourth-order valence-electron chi connectivity index (χ4n) is 3.63. The minimum Gasteiger partial charge on any atom is -0.345 e. The molecule has 24 heavy (non-hydrogen) atoms. The fraction of sp³-hybridized carbons (Fsp3) is 0.500. The van der Waals surface area contributed by atoms with Gasteiger partial charge in [-0.3, -0.25) is 4.79 Å². The normalized spacial score (nSPS) is 19.9. The Kier molecular flexibility index (Phi) is 4.30. The van der Waals surface area contributed by atoms with E-state index in [1.807, 2.05) is 18.2 Å². The van der Waals surface area contributed by atoms with Crippen LogP contribution in [0.2, 0.25) is 0 Å². The Balaban J connectivity index is 1.43. The van der Waals surface area contributed by atoms with Crippen LogP contribution in [0.5, 0.6) is 0 Å². The van der Waals surface area contributed by atoms with Crippen LogP contribution in [0, 0.1) is 0 Å². The zero-order valence-corrected chi connectivity index (χ0v) is 13.8. The summed E-state index contributed by atoms with van der Waals surface area (Å²) in [6.45, 7) is 3.44. The number of fused-ring (bicyclic) bond motifs is 1. The van der Waals surface area contributed by atoms with Crippen molar-refractivity contribution in [2.24, 2.45) is 0 Å². The third-order valence-electron chi connectivity index (χ3n) is 5.02. The molecule has 0 radical (unpaired) electrons. The minimum atomic E-state index is -0.0454. The molecule has 1 saturated heterocycles. The second-order valence-electron chi connectivity index (χ2n) is 6.64. The first-order valence-corrected chi connectivity index (χ1v) is 8.81. The summed E-state index contributed by atoms with van der Waals surface area (Å²) in [5.41, 5.74) is 1.96. The zero-order valence-electron chi connectivity index (χ0n) is 13.8. The van der Waals surface area contributed by atoms with Crippen molar-refractivity contribution in [1.82, 2.24) is 25.4 Å². The molecule has 1 aromatic heterocycles. The quantitative estimate of drug-likeness (QED) is 0.896. The van der Waals surface area contributed by atoms with Crippen LogP contribution in [0.1, 0.15) is 52.8 Å². The van der Waals surface area contributed by atoms with E-state index in [1.165, 1.54) is 12.0 Å². The van der Waals surface area contributed by atoms with E-state index in [2.05, 4.69) is 31.5 Å². The molecule has 0 aliphatic carbocycles. The highest BCUT2D eigenvalue weighted by molar-refractivity contribution is 5.94. The molecule has 4 rings (SSSR count). The van der Waals surface area contributed by atoms with Gasteiger partial charge in [-0.25, -0.2) is 0 Å². The number of hydrogen-bond donors (Lipinski definition) is 2. The van der Waals surface area contributed by atoms with Crippen molar-refractivity contribution in [1.29, 1.82) is 0 Å². The number of nitrogens with one attached hydrogen (secondary N) is 2. The molecule has 6 heteroatoms. The lowest BCUT2D eigenvalue weighted by atomic mass is 9.96. The number of nitrogens with zero attached hydrogens (tertiary/aromatic N) is 3. The van der Waals surface area contributed by atoms with Crippen molar-refractivity contribution in [2.45, 2.75) is 44.7 Å². The molecule has 0 saturated carbocycles. The van der Waals surface area contributed by atoms with Crippen molar-refractivity contribution < 1.29 is 4.79 Å². The molecular weight excluding hydrogens is 302 g/mol. The van der Waals surface area contributed by atoms with E-state index in [9.17, 15) is 4.79 Å². The topological polar surface area (TPSA) is 71.8 Å². The number of carbonyl (C=O) groups is 1. The first kappa shape index (κ1) is 15.3. The van der Waals surface area contributed by atoms with Crippen molar-refractivity contribution in [3.8, 4) is 0 Å². The van der Waals surface area contributed by atoms with Crippen LogP contribution in [-0.4, -0.2) is 33.8 Å². The summed E-state index contributed by atoms with van der Waals surface area (Å²) in [5.74, 6) is 2.37. The maximum atomic E-state index is 12.5. The van der Waals surface area contributed by atoms with Crippen molar-refractivity contribution in [3.05, 3.63) is 47.0 Å². The number of amides is 1. The van der Waals surface area contributed by atoms with E-state index in [0.29, 0.717) is 12.5 Å². The van der Waals surface area contributed by atoms with Gasteiger partial charge in [-0.05, 0) is 49.4 Å². The molecule has 1 amide bonds. The predicted octanol–water partition coefficient (Wildman–Crippen LogP) is 1.62. The van der Waals surface area contributed by atoms with Gasteiger partial charge in [0.2, 0.25) is 0 Å². The summed E-state index contributed by atoms with van der Waals surface area (Å²) in [6, 6.07) is 7.98. The van der Waals surface area contributed by atoms with Crippen LogP contribution in [0.15, 0.2) is 24.3 Å². The highest BCUT2D eigenvalue weighted by atomic mass is 16.1. The molecule has 1 atom stereocenters. The number of aryl methyl sites for hydroxylation is 1. The summed E-state index contributed by atoms with van der Waals surface area (Å²) in [7, 11) is 0. The maximum Gasteiger partial charge on any atom is 0.251 e. The summed E-state index contributed by atoms with van der Waals surface area (Å²) in [6.07, 6.45) is 4.45. The largest absolute Gasteiger partial charge is 0.345 e. The molecule has 2 aliphatic heterocycles. The average molecular weight is 325 g/mol. The molecule has 126 valence electrons. The van der Waals surface area contributed by atoms with Gasteiger partial charge in [-0.2, -0.15) is 0 Å². The average Bonchev–Trinajstić information content (AvgIpc) is 3.30. The number of aromatic nitrogens is 3. The number of rotatable bonds is 4. The van der Waals surface area contributed by atoms with Gasteiger partial charge in [-0.15, -0.1) is 10.2 Å². The highest BCUT2D eigenvalue weighted by Gasteiger charge is 2.19. The predicted molar refractivity (Wildman–Crippen MR) is 90.8 cm³/mol. The van der Waals surface area contributed by atoms with E-state index in [1.54, 1.807) is 0 Å². The molecule has 2 aliphatic rings. The SMILES string of the molecule is O=C(NCc1nnc2n1CCCC2)c1cccc(C2CCNC2)c1. The van der Waals surface area contributed by atoms with Crippen LogP contribution in [0.4, 0.5) is 0 Å². The van der Waals surface area contributed by atoms with Crippen LogP contribution >= 0.6 is 0 Å². The number of carbonyl (C=O) groups excluding carboxylic acids is 1. The van der Waals surface area contributed by atoms with Gasteiger partial charge in [-0.1, -0.05) is 12.1 Å². The van der Waals surface area contributed by atoms with Gasteiger partial charge in [0.05, 0.1) is 6.54 Å². The van der Waals surface area contributed by atoms with Crippen molar-refractivity contribution in [2.75, 3.05) is 13.1 Å². The van der Waals surface area contributed by atoms with Crippen LogP contribution < -0.4 is 10.6 Å². The molecule has 1 unspecified atom stereocenters. The summed E-state index contributed by atoms with van der Waals surface area (Å²) in [4.78, 5) is 12.5. The van der Waals surface area contributed by atoms with E-state index in [-0.39, 0.29) is 5.91 Å². The minimum absolute atomic E-state index is 0.0454. The molecular formula is C18H23N5O. The van der Waals surface area contributed by atoms with Crippen LogP contribution in [0.3, 0.4) is 0 Å². The Morgan fingerprint density at radius 3 is 3.17 bits per heavy atom. The number of benzene rings is 1. The van der Waals surface area contributed by atoms with E-state index < -0.39 is 0 Å². The second kappa shape index (κ2) is 6.73. The second-order valence-corrected chi connectivity index (χ2v) is 6.64. The molecule has 2 N–H and O–H groups in total. The maximum absolute atomic E-state index is 12.5. The van der Waals surface area contributed by atoms with Crippen molar-refractivity contribution >= 4 is 5.91 Å². The molecule has 6 nitrogen and oxygen atoms in total. The molecule has 3 heterocycles. The first-order chi connectivity index (χ1) is 11.8. The lowest BCUT2D eigenvalue weighted by Gasteiger charge is -2.15. The van der Waals surface area contributed by atoms with Gasteiger partial charge in [0.25, 0.3) is 5.91 Å². The van der Waals surface area contributed by atoms with E-state index in [0.717, 1.165) is 56.1 Å². The highest BCUT2D eigenvalue weighted by Crippen LogP contribution is 2.23. The fourth-order valence-corrected chi connectivity index (χ4v) is 3.63. The van der Waals surface area contributed by atoms with E-state index in [4.69, 9.17) is 0 Å². The van der Waals surface area contributed by atoms with Gasteiger partial charge >= 0.3 is 0 Å². The van der Waals surface area contributed by atoms with Crippen LogP contribution in [-0.2, 0) is 19.5 Å². The molecule has 1 fully saturated rings. The summed E-state index contributed by atoms with van der Waals surface area (Å²) in [5, 5.41) is 14.8. The van der Waals surface area contributed by atoms with Gasteiger partial charge in [0.1, 0.15) is 5.82 Å². The monoisotopic (exact) mass is 325 g/mol. The van der Waals surface area contributed by atoms with Gasteiger partial charge < -0.3 is 15.2 Å². The number of hydrogen-bond acceptors (Lipinski definition) is 4. The summed E-state index contributed by atoms with van der Waals surface area (Å²) < 4.78 is 2.14. The van der Waals surface area contributed by atoms with Gasteiger partial charge in [0, 0.05) is 25.1 Å². The lowest BCUT2D eigenvalue weighted by molar-refractivity contribution is 0.0949. The Hall–Kier alpha value is -2.21. The molecule has 0 spiro atoms. The van der Waals surface area contributed by atoms with Crippen molar-refractivity contribution in [3.63, 3.8) is 0 Å². The standard InChI is InChI=1S/C18H23N5O/c24-18(14-5-3-4-13(10-14)15-7-8-19-11-15)20-12-17-22-21-16-6-1-2-9-23(16)17/h3-5,10,15,19H,1-2,6-9,11-12H2,(H,20,24). The smallest absolute Gasteiger partial charge is 0.251 e. The van der Waals surface area contributed by atoms with E-state index >= 15 is 0 Å². The third-order valence-corrected chi connectivity index (χ3v) is 5.02. The lowest BCUT2D eigenvalue weighted by Crippen LogP contribution is -2.25. The van der Waals surface area contributed by atoms with Gasteiger partial charge in [0.15, 0.2) is 5.82 Å². The Morgan fingerprint density at radius 2 is 2.29 bits per heavy atom. The molecule has 0 bridgehead atoms.